The average Bonchev–Trinajstić information content (AvgIpc) is 2.72. The molecule has 0 fully saturated rings. The smallest absolute Gasteiger partial charge is 0.326 e. The highest BCUT2D eigenvalue weighted by atomic mass is 32.2. The zero-order chi connectivity index (χ0) is 24.7. The summed E-state index contributed by atoms with van der Waals surface area (Å²) in [7, 11) is 0. The van der Waals surface area contributed by atoms with Gasteiger partial charge in [0.05, 0.1) is 6.04 Å². The Bertz CT molecular complexity index is 609. The number of rotatable bonds is 17. The van der Waals surface area contributed by atoms with Crippen molar-refractivity contribution >= 4 is 48.1 Å². The number of aliphatic carboxylic acids is 1. The number of carbonyl (C=O) groups excluding carboxylic acids is 3. The molecule has 0 aromatic carbocycles. The Morgan fingerprint density at radius 3 is 2.00 bits per heavy atom. The number of unbranched alkanes of at least 4 members (excludes halogenated alkanes) is 1. The first-order valence-corrected chi connectivity index (χ1v) is 12.8. The zero-order valence-electron chi connectivity index (χ0n) is 19.1. The summed E-state index contributed by atoms with van der Waals surface area (Å²) in [5.74, 6) is -1.99. The molecule has 32 heavy (non-hydrogen) atoms. The van der Waals surface area contributed by atoms with Gasteiger partial charge in [0, 0.05) is 5.75 Å². The van der Waals surface area contributed by atoms with Crippen molar-refractivity contribution in [2.75, 3.05) is 24.3 Å². The number of nitrogens with one attached hydrogen (secondary N) is 3. The van der Waals surface area contributed by atoms with Crippen molar-refractivity contribution in [3.63, 3.8) is 0 Å². The lowest BCUT2D eigenvalue weighted by Gasteiger charge is -2.24. The van der Waals surface area contributed by atoms with Crippen molar-refractivity contribution in [3.05, 3.63) is 0 Å². The zero-order valence-corrected chi connectivity index (χ0v) is 20.8. The van der Waals surface area contributed by atoms with E-state index in [0.717, 1.165) is 0 Å². The summed E-state index contributed by atoms with van der Waals surface area (Å²) in [5, 5.41) is 17.1. The van der Waals surface area contributed by atoms with Gasteiger partial charge in [-0.25, -0.2) is 4.79 Å². The highest BCUT2D eigenvalue weighted by Crippen LogP contribution is 2.07. The van der Waals surface area contributed by atoms with Crippen LogP contribution in [0.3, 0.4) is 0 Å². The standard InChI is InChI=1S/C20H39N5O5S2/c1-12(2)10-13(22)17(26)25-16(11-31)19(28)23-14(7-9-32-3)18(27)24-15(20(29)30)6-4-5-8-21/h12-16,31H,4-11,21-22H2,1-3H3,(H,23,28)(H,24,27)(H,25,26)(H,29,30). The normalized spacial score (nSPS) is 14.8. The molecule has 0 saturated carbocycles. The molecule has 0 aliphatic carbocycles. The third-order valence-electron chi connectivity index (χ3n) is 4.68. The first-order valence-electron chi connectivity index (χ1n) is 10.8. The minimum atomic E-state index is -1.15. The van der Waals surface area contributed by atoms with E-state index in [1.165, 1.54) is 11.8 Å². The Morgan fingerprint density at radius 1 is 0.938 bits per heavy atom. The van der Waals surface area contributed by atoms with Crippen molar-refractivity contribution < 1.29 is 24.3 Å². The van der Waals surface area contributed by atoms with E-state index in [1.807, 2.05) is 20.1 Å². The lowest BCUT2D eigenvalue weighted by molar-refractivity contribution is -0.142. The number of thiol groups is 1. The molecule has 0 aromatic rings. The van der Waals surface area contributed by atoms with Gasteiger partial charge in [-0.15, -0.1) is 0 Å². The Morgan fingerprint density at radius 2 is 1.50 bits per heavy atom. The van der Waals surface area contributed by atoms with Crippen molar-refractivity contribution in [1.29, 1.82) is 0 Å². The molecule has 0 radical (unpaired) electrons. The Labute approximate surface area is 200 Å². The quantitative estimate of drug-likeness (QED) is 0.107. The van der Waals surface area contributed by atoms with Crippen LogP contribution in [0.1, 0.15) is 46.0 Å². The second-order valence-corrected chi connectivity index (χ2v) is 9.36. The third-order valence-corrected chi connectivity index (χ3v) is 5.69. The molecule has 0 aliphatic heterocycles. The molecule has 0 spiro atoms. The summed E-state index contributed by atoms with van der Waals surface area (Å²) in [6.07, 6.45) is 4.07. The topological polar surface area (TPSA) is 177 Å². The van der Waals surface area contributed by atoms with E-state index in [1.54, 1.807) is 0 Å². The Kier molecular flexibility index (Phi) is 16.2. The van der Waals surface area contributed by atoms with Crippen LogP contribution >= 0.6 is 24.4 Å². The van der Waals surface area contributed by atoms with Gasteiger partial charge in [-0.3, -0.25) is 14.4 Å². The van der Waals surface area contributed by atoms with Crippen LogP contribution in [0.5, 0.6) is 0 Å². The van der Waals surface area contributed by atoms with Gasteiger partial charge >= 0.3 is 5.97 Å². The molecule has 4 unspecified atom stereocenters. The second kappa shape index (κ2) is 17.0. The molecular formula is C20H39N5O5S2. The molecular weight excluding hydrogens is 454 g/mol. The molecule has 0 aliphatic rings. The number of carboxylic acid groups (broad SMARTS) is 1. The van der Waals surface area contributed by atoms with Gasteiger partial charge < -0.3 is 32.5 Å². The van der Waals surface area contributed by atoms with Crippen LogP contribution in [0.2, 0.25) is 0 Å². The van der Waals surface area contributed by atoms with Gasteiger partial charge in [0.1, 0.15) is 18.1 Å². The van der Waals surface area contributed by atoms with E-state index in [9.17, 15) is 24.3 Å². The fourth-order valence-corrected chi connectivity index (χ4v) is 3.62. The number of carboxylic acids is 1. The van der Waals surface area contributed by atoms with Crippen LogP contribution in [0.25, 0.3) is 0 Å². The highest BCUT2D eigenvalue weighted by molar-refractivity contribution is 7.98. The number of nitrogens with two attached hydrogens (primary N) is 2. The Balaban J connectivity index is 5.16. The van der Waals surface area contributed by atoms with Crippen LogP contribution in [-0.4, -0.2) is 77.3 Å². The van der Waals surface area contributed by atoms with Crippen molar-refractivity contribution in [2.24, 2.45) is 17.4 Å². The highest BCUT2D eigenvalue weighted by Gasteiger charge is 2.29. The third kappa shape index (κ3) is 12.5. The molecule has 8 N–H and O–H groups in total. The summed E-state index contributed by atoms with van der Waals surface area (Å²) < 4.78 is 0. The van der Waals surface area contributed by atoms with E-state index >= 15 is 0 Å². The van der Waals surface area contributed by atoms with Gasteiger partial charge in [-0.1, -0.05) is 13.8 Å². The molecule has 0 saturated heterocycles. The number of amides is 3. The summed E-state index contributed by atoms with van der Waals surface area (Å²) in [6.45, 7) is 4.31. The van der Waals surface area contributed by atoms with Crippen LogP contribution in [0.15, 0.2) is 0 Å². The molecule has 0 aromatic heterocycles. The van der Waals surface area contributed by atoms with Crippen LogP contribution in [0.4, 0.5) is 0 Å². The summed E-state index contributed by atoms with van der Waals surface area (Å²) in [6, 6.07) is -3.76. The van der Waals surface area contributed by atoms with Crippen LogP contribution in [-0.2, 0) is 19.2 Å². The molecule has 10 nitrogen and oxygen atoms in total. The largest absolute Gasteiger partial charge is 0.480 e. The monoisotopic (exact) mass is 493 g/mol. The van der Waals surface area contributed by atoms with Crippen LogP contribution in [0, 0.1) is 5.92 Å². The van der Waals surface area contributed by atoms with Gasteiger partial charge in [0.15, 0.2) is 0 Å². The first kappa shape index (κ1) is 30.5. The average molecular weight is 494 g/mol. The predicted molar refractivity (Wildman–Crippen MR) is 131 cm³/mol. The Hall–Kier alpha value is -1.50. The maximum Gasteiger partial charge on any atom is 0.326 e. The number of carbonyl (C=O) groups is 4. The molecule has 3 amide bonds. The van der Waals surface area contributed by atoms with E-state index < -0.39 is 47.9 Å². The van der Waals surface area contributed by atoms with E-state index in [0.29, 0.717) is 38.0 Å². The maximum atomic E-state index is 12.7. The molecule has 12 heteroatoms. The van der Waals surface area contributed by atoms with E-state index in [2.05, 4.69) is 28.6 Å². The minimum Gasteiger partial charge on any atom is -0.480 e. The van der Waals surface area contributed by atoms with Crippen molar-refractivity contribution in [2.45, 2.75) is 70.1 Å². The number of hydrogen-bond donors (Lipinski definition) is 7. The first-order chi connectivity index (χ1) is 15.1. The molecule has 186 valence electrons. The fraction of sp³-hybridized carbons (Fsp3) is 0.800. The maximum absolute atomic E-state index is 12.7. The minimum absolute atomic E-state index is 0.0136. The van der Waals surface area contributed by atoms with Crippen molar-refractivity contribution in [3.8, 4) is 0 Å². The van der Waals surface area contributed by atoms with Crippen molar-refractivity contribution in [1.82, 2.24) is 16.0 Å². The summed E-state index contributed by atoms with van der Waals surface area (Å²) in [5.41, 5.74) is 11.3. The van der Waals surface area contributed by atoms with E-state index in [-0.39, 0.29) is 18.1 Å². The molecule has 0 heterocycles. The number of thioether (sulfide) groups is 1. The molecule has 4 atom stereocenters. The van der Waals surface area contributed by atoms with Gasteiger partial charge in [0.2, 0.25) is 17.7 Å². The predicted octanol–water partition coefficient (Wildman–Crippen LogP) is -0.289. The number of hydrogen-bond acceptors (Lipinski definition) is 8. The second-order valence-electron chi connectivity index (χ2n) is 8.01. The lowest BCUT2D eigenvalue weighted by Crippen LogP contribution is -2.57. The van der Waals surface area contributed by atoms with Gasteiger partial charge in [-0.2, -0.15) is 24.4 Å². The SMILES string of the molecule is CSCCC(NC(=O)C(CS)NC(=O)C(N)CC(C)C)C(=O)NC(CCCCN)C(=O)O. The van der Waals surface area contributed by atoms with Gasteiger partial charge in [0.25, 0.3) is 0 Å². The molecule has 0 bridgehead atoms. The summed E-state index contributed by atoms with van der Waals surface area (Å²) >= 11 is 5.62. The lowest BCUT2D eigenvalue weighted by atomic mass is 10.0. The van der Waals surface area contributed by atoms with E-state index in [4.69, 9.17) is 11.5 Å². The summed E-state index contributed by atoms with van der Waals surface area (Å²) in [4.78, 5) is 49.3. The van der Waals surface area contributed by atoms with Crippen LogP contribution < -0.4 is 27.4 Å². The fourth-order valence-electron chi connectivity index (χ4n) is 2.89. The molecule has 0 rings (SSSR count). The van der Waals surface area contributed by atoms with Gasteiger partial charge in [-0.05, 0) is 56.6 Å².